The molecule has 2 rings (SSSR count). The summed E-state index contributed by atoms with van der Waals surface area (Å²) in [5.41, 5.74) is 0.374. The number of nitrogens with zero attached hydrogens (tertiary/aromatic N) is 4. The van der Waals surface area contributed by atoms with Crippen LogP contribution in [0.5, 0.6) is 0 Å². The number of nitro groups is 2. The standard InChI is InChI=1S/C8H6N2O3.C7H3ClN2O3/c1-6-2-3-7(9-5-11)4-8(6)10(12)13;8-5-1-2-6(9-4-11)7(3-5)10(12)13/h2-4H,1H3;1-3H. The van der Waals surface area contributed by atoms with Crippen LogP contribution in [-0.4, -0.2) is 22.0 Å². The number of hydrogen-bond acceptors (Lipinski definition) is 8. The van der Waals surface area contributed by atoms with Crippen molar-refractivity contribution in [2.45, 2.75) is 6.92 Å². The van der Waals surface area contributed by atoms with E-state index in [1.165, 1.54) is 42.5 Å². The van der Waals surface area contributed by atoms with Crippen molar-refractivity contribution in [2.24, 2.45) is 9.98 Å². The number of isocyanates is 2. The molecule has 11 heteroatoms. The van der Waals surface area contributed by atoms with Crippen LogP contribution in [-0.2, 0) is 9.59 Å². The Kier molecular flexibility index (Phi) is 7.47. The quantitative estimate of drug-likeness (QED) is 0.340. The molecule has 132 valence electrons. The van der Waals surface area contributed by atoms with Gasteiger partial charge in [-0.05, 0) is 25.1 Å². The van der Waals surface area contributed by atoms with Gasteiger partial charge in [-0.3, -0.25) is 20.2 Å². The van der Waals surface area contributed by atoms with Crippen molar-refractivity contribution in [1.82, 2.24) is 0 Å². The predicted octanol–water partition coefficient (Wildman–Crippen LogP) is 4.09. The van der Waals surface area contributed by atoms with Gasteiger partial charge < -0.3 is 0 Å². The van der Waals surface area contributed by atoms with E-state index >= 15 is 0 Å². The third kappa shape index (κ3) is 5.73. The van der Waals surface area contributed by atoms with Crippen LogP contribution in [0.2, 0.25) is 5.02 Å². The second-order valence-corrected chi connectivity index (χ2v) is 4.96. The van der Waals surface area contributed by atoms with Crippen LogP contribution in [0.1, 0.15) is 5.56 Å². The first-order valence-electron chi connectivity index (χ1n) is 6.65. The molecule has 0 saturated carbocycles. The first kappa shape index (κ1) is 20.3. The lowest BCUT2D eigenvalue weighted by molar-refractivity contribution is -0.385. The van der Waals surface area contributed by atoms with Crippen LogP contribution < -0.4 is 0 Å². The minimum atomic E-state index is -0.665. The Bertz CT molecular complexity index is 949. The molecule has 0 atom stereocenters. The van der Waals surface area contributed by atoms with Crippen molar-refractivity contribution >= 4 is 46.5 Å². The largest absolute Gasteiger partial charge is 0.297 e. The number of nitro benzene ring substituents is 2. The predicted molar refractivity (Wildman–Crippen MR) is 91.5 cm³/mol. The molecule has 10 nitrogen and oxygen atoms in total. The molecule has 0 unspecified atom stereocenters. The summed E-state index contributed by atoms with van der Waals surface area (Å²) in [7, 11) is 0. The van der Waals surface area contributed by atoms with Crippen LogP contribution in [0.25, 0.3) is 0 Å². The second-order valence-electron chi connectivity index (χ2n) is 4.52. The lowest BCUT2D eigenvalue weighted by Crippen LogP contribution is -1.90. The van der Waals surface area contributed by atoms with E-state index in [1.807, 2.05) is 0 Å². The summed E-state index contributed by atoms with van der Waals surface area (Å²) in [6.07, 6.45) is 2.55. The first-order chi connectivity index (χ1) is 12.3. The van der Waals surface area contributed by atoms with Gasteiger partial charge >= 0.3 is 0 Å². The van der Waals surface area contributed by atoms with Crippen molar-refractivity contribution in [3.05, 3.63) is 67.2 Å². The molecule has 0 spiro atoms. The van der Waals surface area contributed by atoms with Gasteiger partial charge in [0.25, 0.3) is 11.4 Å². The number of hydrogen-bond donors (Lipinski definition) is 0. The normalized spacial score (nSPS) is 9.00. The van der Waals surface area contributed by atoms with E-state index in [1.54, 1.807) is 6.92 Å². The van der Waals surface area contributed by atoms with Crippen LogP contribution in [0, 0.1) is 27.2 Å². The van der Waals surface area contributed by atoms with E-state index in [0.29, 0.717) is 5.56 Å². The molecule has 0 saturated heterocycles. The maximum absolute atomic E-state index is 10.4. The molecule has 2 aromatic rings. The summed E-state index contributed by atoms with van der Waals surface area (Å²) < 4.78 is 0. The lowest BCUT2D eigenvalue weighted by Gasteiger charge is -1.96. The van der Waals surface area contributed by atoms with Gasteiger partial charge in [-0.25, -0.2) is 9.59 Å². The summed E-state index contributed by atoms with van der Waals surface area (Å²) in [4.78, 5) is 45.9. The molecule has 0 aliphatic rings. The van der Waals surface area contributed by atoms with E-state index in [0.717, 1.165) is 6.07 Å². The second kappa shape index (κ2) is 9.55. The maximum atomic E-state index is 10.4. The summed E-state index contributed by atoms with van der Waals surface area (Å²) in [6, 6.07) is 8.11. The molecular formula is C15H9ClN4O6. The molecule has 0 aliphatic heterocycles. The number of halogens is 1. The lowest BCUT2D eigenvalue weighted by atomic mass is 10.2. The van der Waals surface area contributed by atoms with Gasteiger partial charge in [-0.15, -0.1) is 0 Å². The highest BCUT2D eigenvalue weighted by molar-refractivity contribution is 6.30. The van der Waals surface area contributed by atoms with Crippen molar-refractivity contribution in [3.8, 4) is 0 Å². The number of aliphatic imine (C=N–C) groups is 2. The fourth-order valence-corrected chi connectivity index (χ4v) is 1.87. The zero-order valence-electron chi connectivity index (χ0n) is 13.1. The first-order valence-corrected chi connectivity index (χ1v) is 7.02. The Balaban J connectivity index is 0.000000260. The minimum Gasteiger partial charge on any atom is -0.258 e. The van der Waals surface area contributed by atoms with Crippen molar-refractivity contribution in [1.29, 1.82) is 0 Å². The Morgan fingerprint density at radius 1 is 0.923 bits per heavy atom. The zero-order chi connectivity index (χ0) is 19.7. The molecule has 0 aliphatic carbocycles. The van der Waals surface area contributed by atoms with Crippen molar-refractivity contribution in [2.75, 3.05) is 0 Å². The molecule has 0 radical (unpaired) electrons. The van der Waals surface area contributed by atoms with E-state index in [9.17, 15) is 29.8 Å². The third-order valence-corrected chi connectivity index (χ3v) is 3.10. The van der Waals surface area contributed by atoms with Crippen molar-refractivity contribution in [3.63, 3.8) is 0 Å². The van der Waals surface area contributed by atoms with E-state index in [2.05, 4.69) is 9.98 Å². The summed E-state index contributed by atoms with van der Waals surface area (Å²) >= 11 is 5.52. The highest BCUT2D eigenvalue weighted by Gasteiger charge is 2.13. The van der Waals surface area contributed by atoms with Gasteiger partial charge in [-0.2, -0.15) is 9.98 Å². The van der Waals surface area contributed by atoms with Crippen LogP contribution in [0.4, 0.5) is 22.7 Å². The number of benzene rings is 2. The molecule has 0 aromatic heterocycles. The summed E-state index contributed by atoms with van der Waals surface area (Å²) in [5, 5.41) is 21.1. The fourth-order valence-electron chi connectivity index (χ4n) is 1.70. The van der Waals surface area contributed by atoms with E-state index in [4.69, 9.17) is 11.6 Å². The minimum absolute atomic E-state index is 0.0449. The fraction of sp³-hybridized carbons (Fsp3) is 0.0667. The van der Waals surface area contributed by atoms with Crippen LogP contribution in [0.15, 0.2) is 46.4 Å². The van der Waals surface area contributed by atoms with Gasteiger partial charge in [0.05, 0.1) is 15.5 Å². The highest BCUT2D eigenvalue weighted by atomic mass is 35.5. The summed E-state index contributed by atoms with van der Waals surface area (Å²) in [5.74, 6) is 0. The summed E-state index contributed by atoms with van der Waals surface area (Å²) in [6.45, 7) is 1.62. The van der Waals surface area contributed by atoms with Crippen molar-refractivity contribution < 1.29 is 19.4 Å². The van der Waals surface area contributed by atoms with Gasteiger partial charge in [-0.1, -0.05) is 17.7 Å². The smallest absolute Gasteiger partial charge is 0.258 e. The monoisotopic (exact) mass is 376 g/mol. The molecule has 0 fully saturated rings. The SMILES string of the molecule is Cc1ccc(N=C=O)cc1[N+](=O)[O-].O=C=Nc1ccc(Cl)cc1[N+](=O)[O-]. The molecule has 0 amide bonds. The molecule has 2 aromatic carbocycles. The molecular weight excluding hydrogens is 368 g/mol. The van der Waals surface area contributed by atoms with E-state index < -0.39 is 9.85 Å². The molecule has 0 heterocycles. The molecule has 0 N–H and O–H groups in total. The number of rotatable bonds is 4. The average molecular weight is 377 g/mol. The number of carbonyl (C=O) groups excluding carboxylic acids is 2. The molecule has 0 bridgehead atoms. The number of aryl methyl sites for hydroxylation is 1. The Morgan fingerprint density at radius 3 is 2.08 bits per heavy atom. The maximum Gasteiger partial charge on any atom is 0.297 e. The Morgan fingerprint density at radius 2 is 1.54 bits per heavy atom. The highest BCUT2D eigenvalue weighted by Crippen LogP contribution is 2.29. The van der Waals surface area contributed by atoms with Gasteiger partial charge in [0.1, 0.15) is 0 Å². The van der Waals surface area contributed by atoms with Crippen LogP contribution >= 0.6 is 11.6 Å². The zero-order valence-corrected chi connectivity index (χ0v) is 13.8. The van der Waals surface area contributed by atoms with E-state index in [-0.39, 0.29) is 27.8 Å². The van der Waals surface area contributed by atoms with Crippen LogP contribution in [0.3, 0.4) is 0 Å². The Hall–Kier alpha value is -3.71. The molecule has 26 heavy (non-hydrogen) atoms. The topological polar surface area (TPSA) is 145 Å². The Labute approximate surface area is 150 Å². The average Bonchev–Trinajstić information content (AvgIpc) is 2.59. The van der Waals surface area contributed by atoms with Gasteiger partial charge in [0.2, 0.25) is 12.2 Å². The van der Waals surface area contributed by atoms with Gasteiger partial charge in [0, 0.05) is 22.7 Å². The third-order valence-electron chi connectivity index (χ3n) is 2.86. The van der Waals surface area contributed by atoms with Gasteiger partial charge in [0.15, 0.2) is 5.69 Å².